The van der Waals surface area contributed by atoms with Crippen LogP contribution in [0.2, 0.25) is 0 Å². The van der Waals surface area contributed by atoms with Crippen LogP contribution in [0.25, 0.3) is 11.3 Å². The Balaban J connectivity index is 1.07. The minimum absolute atomic E-state index is 0.0602. The van der Waals surface area contributed by atoms with Crippen molar-refractivity contribution in [2.24, 2.45) is 0 Å². The Morgan fingerprint density at radius 2 is 1.59 bits per heavy atom. The molecule has 2 saturated heterocycles. The van der Waals surface area contributed by atoms with Crippen molar-refractivity contribution in [1.82, 2.24) is 25.0 Å². The van der Waals surface area contributed by atoms with Crippen LogP contribution in [0.1, 0.15) is 86.8 Å². The van der Waals surface area contributed by atoms with Gasteiger partial charge in [0.2, 0.25) is 0 Å². The summed E-state index contributed by atoms with van der Waals surface area (Å²) in [6, 6.07) is 24.4. The van der Waals surface area contributed by atoms with Crippen LogP contribution in [0.5, 0.6) is 0 Å². The van der Waals surface area contributed by atoms with E-state index in [2.05, 4.69) is 32.6 Å². The Bertz CT molecular complexity index is 2060. The first-order valence-electron chi connectivity index (χ1n) is 19.8. The van der Waals surface area contributed by atoms with Crippen molar-refractivity contribution in [3.63, 3.8) is 0 Å². The van der Waals surface area contributed by atoms with E-state index >= 15 is 0 Å². The van der Waals surface area contributed by atoms with E-state index in [0.29, 0.717) is 66.4 Å². The normalized spacial score (nSPS) is 17.3. The summed E-state index contributed by atoms with van der Waals surface area (Å²) in [6.07, 6.45) is 7.81. The van der Waals surface area contributed by atoms with Crippen LogP contribution in [-0.4, -0.2) is 108 Å². The second kappa shape index (κ2) is 17.8. The van der Waals surface area contributed by atoms with Crippen LogP contribution in [-0.2, 0) is 6.42 Å². The van der Waals surface area contributed by atoms with Crippen molar-refractivity contribution in [3.8, 4) is 11.3 Å². The SMILES string of the molecule is CN(CCN1CCCN(C(=O)O)CC1)C(=O)c1cccc(C(=O)Nc2ccc(N3CCCCC3)cc2-c2cc(C(=O)NC3CCCc4ccccc43)ccn2)c1. The molecule has 0 saturated carbocycles. The molecule has 0 bridgehead atoms. The number of hydrogen-bond acceptors (Lipinski definition) is 7. The maximum atomic E-state index is 13.9. The van der Waals surface area contributed by atoms with Gasteiger partial charge in [0.1, 0.15) is 0 Å². The fourth-order valence-electron chi connectivity index (χ4n) is 8.05. The number of rotatable bonds is 10. The van der Waals surface area contributed by atoms with Gasteiger partial charge in [-0.2, -0.15) is 0 Å². The number of fused-ring (bicyclic) bond motifs is 1. The number of benzene rings is 3. The summed E-state index contributed by atoms with van der Waals surface area (Å²) in [6.45, 7) is 5.32. The Kier molecular flexibility index (Phi) is 12.2. The number of aryl methyl sites for hydroxylation is 1. The molecule has 3 aliphatic rings. The number of nitrogens with one attached hydrogen (secondary N) is 2. The lowest BCUT2D eigenvalue weighted by molar-refractivity contribution is 0.0778. The zero-order valence-corrected chi connectivity index (χ0v) is 32.1. The quantitative estimate of drug-likeness (QED) is 0.166. The Labute approximate surface area is 328 Å². The van der Waals surface area contributed by atoms with Crippen molar-refractivity contribution in [2.75, 3.05) is 69.6 Å². The van der Waals surface area contributed by atoms with Gasteiger partial charge in [-0.25, -0.2) is 4.79 Å². The average Bonchev–Trinajstić information content (AvgIpc) is 3.49. The van der Waals surface area contributed by atoms with Gasteiger partial charge in [0.25, 0.3) is 17.7 Å². The molecule has 2 fully saturated rings. The standard InChI is InChI=1S/C44H51N7O5/c1-48(24-25-49-20-9-23-51(27-26-49)44(55)56)43(54)34-13-7-12-32(28-34)41(52)47-39-17-16-35(50-21-5-2-6-22-50)30-37(39)40-29-33(18-19-45-40)42(53)46-38-15-8-11-31-10-3-4-14-36(31)38/h3-4,7,10,12-14,16-19,28-30,38H,2,5-6,8-9,11,15,20-27H2,1H3,(H,46,53)(H,47,52)(H,55,56). The Hall–Kier alpha value is -5.75. The maximum Gasteiger partial charge on any atom is 0.407 e. The minimum atomic E-state index is -0.902. The van der Waals surface area contributed by atoms with Gasteiger partial charge >= 0.3 is 6.09 Å². The summed E-state index contributed by atoms with van der Waals surface area (Å²) in [5.41, 5.74) is 6.52. The molecule has 12 heteroatoms. The third-order valence-corrected chi connectivity index (χ3v) is 11.3. The van der Waals surface area contributed by atoms with Gasteiger partial charge in [-0.1, -0.05) is 30.3 Å². The highest BCUT2D eigenvalue weighted by Crippen LogP contribution is 2.34. The van der Waals surface area contributed by atoms with Gasteiger partial charge in [-0.15, -0.1) is 0 Å². The smallest absolute Gasteiger partial charge is 0.407 e. The molecule has 1 aromatic heterocycles. The summed E-state index contributed by atoms with van der Waals surface area (Å²) in [4.78, 5) is 64.8. The predicted molar refractivity (Wildman–Crippen MR) is 217 cm³/mol. The van der Waals surface area contributed by atoms with Gasteiger partial charge in [0, 0.05) is 87.0 Å². The van der Waals surface area contributed by atoms with Gasteiger partial charge < -0.3 is 30.4 Å². The highest BCUT2D eigenvalue weighted by Gasteiger charge is 2.24. The number of carboxylic acid groups (broad SMARTS) is 1. The number of pyridine rings is 1. The number of aromatic nitrogens is 1. The molecular weight excluding hydrogens is 707 g/mol. The second-order valence-electron chi connectivity index (χ2n) is 15.1. The number of anilines is 2. The summed E-state index contributed by atoms with van der Waals surface area (Å²) in [7, 11) is 1.74. The highest BCUT2D eigenvalue weighted by molar-refractivity contribution is 6.08. The fourth-order valence-corrected chi connectivity index (χ4v) is 8.05. The van der Waals surface area contributed by atoms with E-state index in [0.717, 1.165) is 63.8 Å². The summed E-state index contributed by atoms with van der Waals surface area (Å²) >= 11 is 0. The first kappa shape index (κ1) is 38.5. The average molecular weight is 758 g/mol. The van der Waals surface area contributed by atoms with E-state index < -0.39 is 6.09 Å². The number of likely N-dealkylation sites (N-methyl/N-ethyl adjacent to an activating group) is 1. The number of hydrogen-bond donors (Lipinski definition) is 3. The molecule has 1 unspecified atom stereocenters. The highest BCUT2D eigenvalue weighted by atomic mass is 16.4. The van der Waals surface area contributed by atoms with E-state index in [1.54, 1.807) is 54.5 Å². The van der Waals surface area contributed by atoms with Crippen molar-refractivity contribution >= 4 is 35.2 Å². The Morgan fingerprint density at radius 3 is 2.43 bits per heavy atom. The molecule has 2 aliphatic heterocycles. The van der Waals surface area contributed by atoms with Crippen LogP contribution in [0.3, 0.4) is 0 Å². The summed E-state index contributed by atoms with van der Waals surface area (Å²) in [5.74, 6) is -0.744. The predicted octanol–water partition coefficient (Wildman–Crippen LogP) is 6.56. The molecule has 4 aromatic rings. The topological polar surface area (TPSA) is 138 Å². The summed E-state index contributed by atoms with van der Waals surface area (Å²) < 4.78 is 0. The van der Waals surface area contributed by atoms with Gasteiger partial charge in [-0.3, -0.25) is 24.3 Å². The van der Waals surface area contributed by atoms with Crippen LogP contribution >= 0.6 is 0 Å². The molecule has 56 heavy (non-hydrogen) atoms. The number of piperidine rings is 1. The maximum absolute atomic E-state index is 13.9. The van der Waals surface area contributed by atoms with Crippen molar-refractivity contribution in [2.45, 2.75) is 51.0 Å². The van der Waals surface area contributed by atoms with E-state index in [4.69, 9.17) is 4.98 Å². The molecule has 292 valence electrons. The number of nitrogens with zero attached hydrogens (tertiary/aromatic N) is 5. The fraction of sp³-hybridized carbons (Fsp3) is 0.386. The van der Waals surface area contributed by atoms with Gasteiger partial charge in [-0.05, 0) is 111 Å². The molecule has 3 heterocycles. The molecule has 1 atom stereocenters. The number of amides is 4. The van der Waals surface area contributed by atoms with E-state index in [9.17, 15) is 24.3 Å². The van der Waals surface area contributed by atoms with Crippen LogP contribution in [0.15, 0.2) is 85.1 Å². The molecule has 3 N–H and O–H groups in total. The molecule has 4 amide bonds. The third-order valence-electron chi connectivity index (χ3n) is 11.3. The van der Waals surface area contributed by atoms with E-state index in [-0.39, 0.29) is 23.8 Å². The van der Waals surface area contributed by atoms with Gasteiger partial charge in [0.15, 0.2) is 0 Å². The number of carbonyl (C=O) groups excluding carboxylic acids is 3. The molecular formula is C44H51N7O5. The van der Waals surface area contributed by atoms with Crippen molar-refractivity contribution in [1.29, 1.82) is 0 Å². The summed E-state index contributed by atoms with van der Waals surface area (Å²) in [5, 5.41) is 15.7. The van der Waals surface area contributed by atoms with E-state index in [1.165, 1.54) is 22.4 Å². The van der Waals surface area contributed by atoms with Crippen LogP contribution in [0, 0.1) is 0 Å². The lowest BCUT2D eigenvalue weighted by Crippen LogP contribution is -2.38. The van der Waals surface area contributed by atoms with Crippen LogP contribution < -0.4 is 15.5 Å². The molecule has 3 aromatic carbocycles. The first-order valence-corrected chi connectivity index (χ1v) is 19.8. The molecule has 1 aliphatic carbocycles. The largest absolute Gasteiger partial charge is 0.465 e. The zero-order valence-electron chi connectivity index (χ0n) is 32.1. The molecule has 0 spiro atoms. The first-order chi connectivity index (χ1) is 27.2. The third kappa shape index (κ3) is 9.19. The second-order valence-corrected chi connectivity index (χ2v) is 15.1. The minimum Gasteiger partial charge on any atom is -0.465 e. The van der Waals surface area contributed by atoms with Crippen LogP contribution in [0.4, 0.5) is 16.2 Å². The molecule has 12 nitrogen and oxygen atoms in total. The van der Waals surface area contributed by atoms with Crippen molar-refractivity contribution in [3.05, 3.63) is 113 Å². The monoisotopic (exact) mass is 757 g/mol. The van der Waals surface area contributed by atoms with E-state index in [1.807, 2.05) is 30.3 Å². The molecule has 7 rings (SSSR count). The number of carbonyl (C=O) groups is 4. The van der Waals surface area contributed by atoms with Crippen molar-refractivity contribution < 1.29 is 24.3 Å². The Morgan fingerprint density at radius 1 is 0.786 bits per heavy atom. The molecule has 0 radical (unpaired) electrons. The lowest BCUT2D eigenvalue weighted by atomic mass is 9.87. The zero-order chi connectivity index (χ0) is 39.0. The van der Waals surface area contributed by atoms with Gasteiger partial charge in [0.05, 0.1) is 17.4 Å². The lowest BCUT2D eigenvalue weighted by Gasteiger charge is -2.29.